The number of aromatic hydroxyl groups is 1. The molecule has 1 saturated heterocycles. The van der Waals surface area contributed by atoms with Gasteiger partial charge < -0.3 is 9.84 Å². The maximum atomic E-state index is 13.8. The SMILES string of the molecule is COc1ccc(O)c([C@H]2C3=CC[C@@H]4C(=O)N(c5ccccc5)C(=O)[C@@H]4[C@@H]3CC3=C2C(=O)C=C(C)C3=O)c1. The van der Waals surface area contributed by atoms with E-state index in [1.165, 1.54) is 24.2 Å². The molecule has 4 aliphatic rings. The largest absolute Gasteiger partial charge is 0.508 e. The lowest BCUT2D eigenvalue weighted by Crippen LogP contribution is -2.39. The van der Waals surface area contributed by atoms with Crippen molar-refractivity contribution < 1.29 is 29.0 Å². The molecule has 4 atom stereocenters. The fraction of sp³-hybridized carbons (Fsp3) is 0.267. The van der Waals surface area contributed by atoms with Crippen molar-refractivity contribution in [3.63, 3.8) is 0 Å². The summed E-state index contributed by atoms with van der Waals surface area (Å²) in [6.45, 7) is 1.61. The summed E-state index contributed by atoms with van der Waals surface area (Å²) in [7, 11) is 1.51. The Kier molecular flexibility index (Phi) is 5.26. The van der Waals surface area contributed by atoms with Crippen molar-refractivity contribution >= 4 is 29.1 Å². The number of fused-ring (bicyclic) bond motifs is 3. The normalized spacial score (nSPS) is 26.9. The van der Waals surface area contributed by atoms with Crippen LogP contribution in [0.5, 0.6) is 11.5 Å². The van der Waals surface area contributed by atoms with E-state index in [1.807, 2.05) is 12.1 Å². The number of para-hydroxylation sites is 1. The molecule has 7 nitrogen and oxygen atoms in total. The van der Waals surface area contributed by atoms with Crippen LogP contribution in [0.3, 0.4) is 0 Å². The third-order valence-corrected chi connectivity index (χ3v) is 8.12. The Morgan fingerprint density at radius 3 is 2.46 bits per heavy atom. The van der Waals surface area contributed by atoms with E-state index in [2.05, 4.69) is 0 Å². The summed E-state index contributed by atoms with van der Waals surface area (Å²) < 4.78 is 5.39. The average Bonchev–Trinajstić information content (AvgIpc) is 3.16. The van der Waals surface area contributed by atoms with E-state index < -0.39 is 23.7 Å². The number of amides is 2. The predicted molar refractivity (Wildman–Crippen MR) is 135 cm³/mol. The van der Waals surface area contributed by atoms with E-state index in [-0.39, 0.29) is 35.6 Å². The summed E-state index contributed by atoms with van der Waals surface area (Å²) in [5.41, 5.74) is 2.78. The number of benzene rings is 2. The van der Waals surface area contributed by atoms with Gasteiger partial charge in [0.05, 0.1) is 24.6 Å². The summed E-state index contributed by atoms with van der Waals surface area (Å²) in [6.07, 6.45) is 3.81. The minimum atomic E-state index is -0.723. The van der Waals surface area contributed by atoms with Crippen LogP contribution in [0, 0.1) is 17.8 Å². The second-order valence-electron chi connectivity index (χ2n) is 10.0. The van der Waals surface area contributed by atoms with Crippen molar-refractivity contribution in [2.45, 2.75) is 25.7 Å². The lowest BCUT2D eigenvalue weighted by atomic mass is 9.59. The molecular formula is C30H25NO6. The smallest absolute Gasteiger partial charge is 0.238 e. The monoisotopic (exact) mass is 495 g/mol. The number of carbonyl (C=O) groups is 4. The number of phenolic OH excluding ortho intramolecular Hbond substituents is 1. The number of ketones is 2. The van der Waals surface area contributed by atoms with Gasteiger partial charge >= 0.3 is 0 Å². The summed E-state index contributed by atoms with van der Waals surface area (Å²) in [4.78, 5) is 55.2. The van der Waals surface area contributed by atoms with E-state index >= 15 is 0 Å². The molecule has 2 aromatic rings. The van der Waals surface area contributed by atoms with Crippen LogP contribution in [0.4, 0.5) is 5.69 Å². The van der Waals surface area contributed by atoms with Crippen molar-refractivity contribution in [3.8, 4) is 11.5 Å². The molecule has 2 amide bonds. The summed E-state index contributed by atoms with van der Waals surface area (Å²) >= 11 is 0. The van der Waals surface area contributed by atoms with Crippen LogP contribution in [0.2, 0.25) is 0 Å². The molecule has 0 bridgehead atoms. The van der Waals surface area contributed by atoms with Gasteiger partial charge in [0.15, 0.2) is 11.6 Å². The molecule has 0 spiro atoms. The molecule has 0 radical (unpaired) electrons. The first-order chi connectivity index (χ1) is 17.8. The number of ether oxygens (including phenoxy) is 1. The zero-order valence-electron chi connectivity index (χ0n) is 20.4. The Bertz CT molecular complexity index is 1480. The maximum absolute atomic E-state index is 13.8. The molecule has 0 aromatic heterocycles. The molecule has 7 heteroatoms. The van der Waals surface area contributed by atoms with Crippen LogP contribution < -0.4 is 9.64 Å². The Morgan fingerprint density at radius 2 is 1.73 bits per heavy atom. The number of hydrogen-bond acceptors (Lipinski definition) is 6. The number of rotatable bonds is 3. The van der Waals surface area contributed by atoms with Gasteiger partial charge in [0.1, 0.15) is 11.5 Å². The zero-order valence-corrected chi connectivity index (χ0v) is 20.4. The topological polar surface area (TPSA) is 101 Å². The first-order valence-electron chi connectivity index (χ1n) is 12.3. The van der Waals surface area contributed by atoms with Gasteiger partial charge in [-0.25, -0.2) is 0 Å². The highest BCUT2D eigenvalue weighted by Crippen LogP contribution is 2.56. The molecule has 1 N–H and O–H groups in total. The highest BCUT2D eigenvalue weighted by Gasteiger charge is 2.56. The van der Waals surface area contributed by atoms with Crippen LogP contribution >= 0.6 is 0 Å². The summed E-state index contributed by atoms with van der Waals surface area (Å²) in [5.74, 6) is -2.99. The Morgan fingerprint density at radius 1 is 0.973 bits per heavy atom. The minimum Gasteiger partial charge on any atom is -0.508 e. The van der Waals surface area contributed by atoms with E-state index in [0.717, 1.165) is 5.57 Å². The second-order valence-corrected chi connectivity index (χ2v) is 10.0. The van der Waals surface area contributed by atoms with Crippen molar-refractivity contribution in [1.82, 2.24) is 0 Å². The molecule has 3 aliphatic carbocycles. The van der Waals surface area contributed by atoms with Gasteiger partial charge in [-0.3, -0.25) is 24.1 Å². The molecule has 0 saturated carbocycles. The number of imide groups is 1. The van der Waals surface area contributed by atoms with Gasteiger partial charge in [-0.05, 0) is 62.1 Å². The molecule has 186 valence electrons. The maximum Gasteiger partial charge on any atom is 0.238 e. The molecule has 2 aromatic carbocycles. The standard InChI is InChI=1S/C30H25NO6/c1-15-12-24(33)27-22(28(15)34)14-20-18(25(27)21-13-17(37-2)8-11-23(21)32)9-10-19-26(20)30(36)31(29(19)35)16-6-4-3-5-7-16/h3-9,11-13,19-20,25-26,32H,10,14H2,1-2H3/t19-,20+,25+,26-/m0/s1. The number of nitrogens with zero attached hydrogens (tertiary/aromatic N) is 1. The fourth-order valence-electron chi connectivity index (χ4n) is 6.46. The van der Waals surface area contributed by atoms with Gasteiger partial charge in [0, 0.05) is 28.2 Å². The van der Waals surface area contributed by atoms with Crippen LogP contribution in [0.25, 0.3) is 0 Å². The van der Waals surface area contributed by atoms with Crippen molar-refractivity contribution in [2.24, 2.45) is 17.8 Å². The van der Waals surface area contributed by atoms with Gasteiger partial charge in [-0.2, -0.15) is 0 Å². The second kappa shape index (κ2) is 8.40. The van der Waals surface area contributed by atoms with Gasteiger partial charge in [-0.1, -0.05) is 29.8 Å². The first-order valence-corrected chi connectivity index (χ1v) is 12.3. The number of phenols is 1. The average molecular weight is 496 g/mol. The molecule has 1 aliphatic heterocycles. The lowest BCUT2D eigenvalue weighted by molar-refractivity contribution is -0.123. The molecule has 37 heavy (non-hydrogen) atoms. The Labute approximate surface area is 213 Å². The van der Waals surface area contributed by atoms with E-state index in [9.17, 15) is 24.3 Å². The van der Waals surface area contributed by atoms with E-state index in [0.29, 0.717) is 40.1 Å². The van der Waals surface area contributed by atoms with Crippen LogP contribution in [0.1, 0.15) is 31.2 Å². The van der Waals surface area contributed by atoms with Crippen LogP contribution in [0.15, 0.2) is 83.0 Å². The number of hydrogen-bond donors (Lipinski definition) is 1. The third-order valence-electron chi connectivity index (χ3n) is 8.12. The molecule has 0 unspecified atom stereocenters. The van der Waals surface area contributed by atoms with Gasteiger partial charge in [-0.15, -0.1) is 0 Å². The van der Waals surface area contributed by atoms with Gasteiger partial charge in [0.2, 0.25) is 11.8 Å². The van der Waals surface area contributed by atoms with E-state index in [1.54, 1.807) is 43.3 Å². The van der Waals surface area contributed by atoms with Crippen molar-refractivity contribution in [2.75, 3.05) is 12.0 Å². The Hall–Kier alpha value is -4.26. The predicted octanol–water partition coefficient (Wildman–Crippen LogP) is 4.03. The highest BCUT2D eigenvalue weighted by molar-refractivity contribution is 6.25. The lowest BCUT2D eigenvalue weighted by Gasteiger charge is -2.42. The van der Waals surface area contributed by atoms with Crippen molar-refractivity contribution in [1.29, 1.82) is 0 Å². The number of methoxy groups -OCH3 is 1. The number of carbonyl (C=O) groups excluding carboxylic acids is 4. The van der Waals surface area contributed by atoms with E-state index in [4.69, 9.17) is 4.74 Å². The molecular weight excluding hydrogens is 470 g/mol. The zero-order chi connectivity index (χ0) is 26.0. The van der Waals surface area contributed by atoms with Crippen molar-refractivity contribution in [3.05, 3.63) is 88.5 Å². The minimum absolute atomic E-state index is 0.0346. The summed E-state index contributed by atoms with van der Waals surface area (Å²) in [5, 5.41) is 10.9. The highest BCUT2D eigenvalue weighted by atomic mass is 16.5. The molecule has 1 fully saturated rings. The molecule has 6 rings (SSSR count). The fourth-order valence-corrected chi connectivity index (χ4v) is 6.46. The van der Waals surface area contributed by atoms with Crippen LogP contribution in [-0.4, -0.2) is 35.6 Å². The number of anilines is 1. The molecule has 1 heterocycles. The van der Waals surface area contributed by atoms with Gasteiger partial charge in [0.25, 0.3) is 0 Å². The quantitative estimate of drug-likeness (QED) is 0.392. The third kappa shape index (κ3) is 3.34. The Balaban J connectivity index is 1.52. The number of allylic oxidation sites excluding steroid dienone is 6. The number of Topliss-reactive ketones (excluding diaryl/α,β-unsaturated/α-hetero) is 1. The first kappa shape index (κ1) is 23.2. The summed E-state index contributed by atoms with van der Waals surface area (Å²) in [6, 6.07) is 13.6. The van der Waals surface area contributed by atoms with Crippen LogP contribution in [-0.2, 0) is 19.2 Å².